The Balaban J connectivity index is 1.90. The summed E-state index contributed by atoms with van der Waals surface area (Å²) in [6, 6.07) is 12.4. The first-order valence-electron chi connectivity index (χ1n) is 11.9. The minimum atomic E-state index is -4.59. The molecule has 0 aromatic heterocycles. The van der Waals surface area contributed by atoms with E-state index in [1.807, 2.05) is 20.8 Å². The number of anilines is 1. The Bertz CT molecular complexity index is 1390. The highest BCUT2D eigenvalue weighted by molar-refractivity contribution is 6.51. The van der Waals surface area contributed by atoms with Gasteiger partial charge < -0.3 is 9.84 Å². The molecule has 3 aromatic rings. The number of benzene rings is 3. The molecule has 3 aromatic carbocycles. The first-order chi connectivity index (χ1) is 17.9. The van der Waals surface area contributed by atoms with Crippen molar-refractivity contribution in [3.8, 4) is 5.75 Å². The maximum absolute atomic E-state index is 13.7. The van der Waals surface area contributed by atoms with Crippen LogP contribution in [0.3, 0.4) is 0 Å². The molecular weight excluding hydrogens is 502 g/mol. The van der Waals surface area contributed by atoms with Crippen molar-refractivity contribution in [1.82, 2.24) is 0 Å². The largest absolute Gasteiger partial charge is 0.507 e. The van der Waals surface area contributed by atoms with Gasteiger partial charge in [0.15, 0.2) is 0 Å². The van der Waals surface area contributed by atoms with Crippen molar-refractivity contribution in [2.24, 2.45) is 0 Å². The number of nitrogens with zero attached hydrogens (tertiary/aromatic N) is 1. The molecule has 38 heavy (non-hydrogen) atoms. The lowest BCUT2D eigenvalue weighted by atomic mass is 9.93. The third kappa shape index (κ3) is 5.01. The molecule has 4 rings (SSSR count). The Morgan fingerprint density at radius 2 is 1.63 bits per heavy atom. The lowest BCUT2D eigenvalue weighted by Gasteiger charge is -2.26. The molecule has 1 heterocycles. The van der Waals surface area contributed by atoms with Crippen LogP contribution in [0.5, 0.6) is 5.75 Å². The quantitative estimate of drug-likeness (QED) is 0.162. The van der Waals surface area contributed by atoms with Gasteiger partial charge in [0.05, 0.1) is 23.8 Å². The zero-order chi connectivity index (χ0) is 27.8. The van der Waals surface area contributed by atoms with Crippen LogP contribution in [0.15, 0.2) is 72.3 Å². The standard InChI is InChI=1S/C29H25F4NO4/c1-4-38-23-14-7-18(15-22(23)16(2)3)26(35)24-25(17-5-10-20(30)11-6-17)34(28(37)27(24)36)21-12-8-19(9-13-21)29(31,32)33/h5-16,25,35H,4H2,1-3H3/b26-24-. The van der Waals surface area contributed by atoms with Gasteiger partial charge in [-0.25, -0.2) is 4.39 Å². The highest BCUT2D eigenvalue weighted by atomic mass is 19.4. The third-order valence-electron chi connectivity index (χ3n) is 6.31. The average molecular weight is 528 g/mol. The zero-order valence-electron chi connectivity index (χ0n) is 20.8. The topological polar surface area (TPSA) is 66.8 Å². The molecule has 0 bridgehead atoms. The van der Waals surface area contributed by atoms with Gasteiger partial charge in [0.1, 0.15) is 17.3 Å². The molecule has 1 saturated heterocycles. The Hall–Kier alpha value is -4.14. The number of carbonyl (C=O) groups is 2. The van der Waals surface area contributed by atoms with Gasteiger partial charge in [-0.3, -0.25) is 14.5 Å². The number of aliphatic hydroxyl groups is 1. The molecule has 0 saturated carbocycles. The number of ketones is 1. The van der Waals surface area contributed by atoms with E-state index in [0.29, 0.717) is 17.9 Å². The number of amides is 1. The maximum atomic E-state index is 13.7. The van der Waals surface area contributed by atoms with Crippen LogP contribution in [-0.4, -0.2) is 23.4 Å². The Morgan fingerprint density at radius 3 is 2.18 bits per heavy atom. The van der Waals surface area contributed by atoms with Gasteiger partial charge in [-0.2, -0.15) is 13.2 Å². The second-order valence-electron chi connectivity index (χ2n) is 9.11. The van der Waals surface area contributed by atoms with E-state index in [0.717, 1.165) is 46.9 Å². The first-order valence-corrected chi connectivity index (χ1v) is 11.9. The van der Waals surface area contributed by atoms with E-state index in [2.05, 4.69) is 0 Å². The minimum Gasteiger partial charge on any atom is -0.507 e. The minimum absolute atomic E-state index is 0.00625. The molecule has 198 valence electrons. The predicted octanol–water partition coefficient (Wildman–Crippen LogP) is 6.99. The van der Waals surface area contributed by atoms with Crippen LogP contribution in [0.25, 0.3) is 5.76 Å². The van der Waals surface area contributed by atoms with Gasteiger partial charge in [0, 0.05) is 11.3 Å². The number of hydrogen-bond donors (Lipinski definition) is 1. The summed E-state index contributed by atoms with van der Waals surface area (Å²) in [6.45, 7) is 6.13. The van der Waals surface area contributed by atoms with Gasteiger partial charge in [0.2, 0.25) is 0 Å². The summed E-state index contributed by atoms with van der Waals surface area (Å²) in [6.07, 6.45) is -4.59. The van der Waals surface area contributed by atoms with E-state index in [1.165, 1.54) is 12.1 Å². The number of aliphatic hydroxyl groups excluding tert-OH is 1. The molecule has 9 heteroatoms. The molecule has 1 atom stereocenters. The highest BCUT2D eigenvalue weighted by Crippen LogP contribution is 2.43. The van der Waals surface area contributed by atoms with E-state index in [-0.39, 0.29) is 22.7 Å². The summed E-state index contributed by atoms with van der Waals surface area (Å²) in [5, 5.41) is 11.4. The molecule has 1 unspecified atom stereocenters. The molecule has 0 aliphatic carbocycles. The molecule has 1 fully saturated rings. The highest BCUT2D eigenvalue weighted by Gasteiger charge is 2.47. The van der Waals surface area contributed by atoms with Crippen LogP contribution < -0.4 is 9.64 Å². The zero-order valence-corrected chi connectivity index (χ0v) is 20.8. The molecule has 1 aliphatic heterocycles. The normalized spacial score (nSPS) is 17.4. The van der Waals surface area contributed by atoms with Crippen LogP contribution in [0.2, 0.25) is 0 Å². The molecule has 0 spiro atoms. The second kappa shape index (κ2) is 10.3. The Labute approximate surface area is 217 Å². The summed E-state index contributed by atoms with van der Waals surface area (Å²) in [4.78, 5) is 27.5. The van der Waals surface area contributed by atoms with Crippen molar-refractivity contribution in [3.63, 3.8) is 0 Å². The summed E-state index contributed by atoms with van der Waals surface area (Å²) in [5.74, 6) is -2.45. The predicted molar refractivity (Wildman–Crippen MR) is 134 cm³/mol. The van der Waals surface area contributed by atoms with E-state index in [1.54, 1.807) is 18.2 Å². The Kier molecular flexibility index (Phi) is 7.31. The van der Waals surface area contributed by atoms with E-state index in [9.17, 15) is 32.3 Å². The average Bonchev–Trinajstić information content (AvgIpc) is 3.14. The van der Waals surface area contributed by atoms with Crippen LogP contribution in [0.4, 0.5) is 23.2 Å². The lowest BCUT2D eigenvalue weighted by Crippen LogP contribution is -2.29. The van der Waals surface area contributed by atoms with Crippen LogP contribution in [0.1, 0.15) is 55.0 Å². The van der Waals surface area contributed by atoms with Gasteiger partial charge in [-0.15, -0.1) is 0 Å². The number of halogens is 4. The van der Waals surface area contributed by atoms with Crippen LogP contribution in [-0.2, 0) is 15.8 Å². The van der Waals surface area contributed by atoms with Crippen molar-refractivity contribution >= 4 is 23.1 Å². The van der Waals surface area contributed by atoms with Crippen molar-refractivity contribution in [2.75, 3.05) is 11.5 Å². The molecule has 1 amide bonds. The van der Waals surface area contributed by atoms with Gasteiger partial charge in [-0.05, 0) is 78.6 Å². The molecule has 1 N–H and O–H groups in total. The van der Waals surface area contributed by atoms with Crippen molar-refractivity contribution < 1.29 is 37.0 Å². The fourth-order valence-corrected chi connectivity index (χ4v) is 4.46. The smallest absolute Gasteiger partial charge is 0.416 e. The number of hydrogen-bond acceptors (Lipinski definition) is 4. The molecule has 5 nitrogen and oxygen atoms in total. The lowest BCUT2D eigenvalue weighted by molar-refractivity contribution is -0.137. The maximum Gasteiger partial charge on any atom is 0.416 e. The number of rotatable bonds is 6. The summed E-state index contributed by atoms with van der Waals surface area (Å²) < 4.78 is 58.7. The number of Topliss-reactive ketones (excluding diaryl/α,β-unsaturated/α-hetero) is 1. The number of ether oxygens (including phenoxy) is 1. The number of alkyl halides is 3. The monoisotopic (exact) mass is 527 g/mol. The first kappa shape index (κ1) is 26.9. The fourth-order valence-electron chi connectivity index (χ4n) is 4.46. The van der Waals surface area contributed by atoms with Crippen molar-refractivity contribution in [2.45, 2.75) is 38.9 Å². The van der Waals surface area contributed by atoms with Crippen molar-refractivity contribution in [3.05, 3.63) is 100 Å². The van der Waals surface area contributed by atoms with Crippen LogP contribution in [0, 0.1) is 5.82 Å². The van der Waals surface area contributed by atoms with Crippen molar-refractivity contribution in [1.29, 1.82) is 0 Å². The van der Waals surface area contributed by atoms with Gasteiger partial charge >= 0.3 is 6.18 Å². The van der Waals surface area contributed by atoms with E-state index < -0.39 is 41.0 Å². The summed E-state index contributed by atoms with van der Waals surface area (Å²) >= 11 is 0. The van der Waals surface area contributed by atoms with E-state index in [4.69, 9.17) is 4.74 Å². The number of carbonyl (C=O) groups excluding carboxylic acids is 2. The molecular formula is C29H25F4NO4. The van der Waals surface area contributed by atoms with E-state index >= 15 is 0 Å². The Morgan fingerprint density at radius 1 is 1.00 bits per heavy atom. The third-order valence-corrected chi connectivity index (χ3v) is 6.31. The second-order valence-corrected chi connectivity index (χ2v) is 9.11. The van der Waals surface area contributed by atoms with Crippen LogP contribution >= 0.6 is 0 Å². The fraction of sp³-hybridized carbons (Fsp3) is 0.241. The molecule has 0 radical (unpaired) electrons. The molecule has 1 aliphatic rings. The van der Waals surface area contributed by atoms with Gasteiger partial charge in [0.25, 0.3) is 11.7 Å². The van der Waals surface area contributed by atoms with Gasteiger partial charge in [-0.1, -0.05) is 26.0 Å². The summed E-state index contributed by atoms with van der Waals surface area (Å²) in [7, 11) is 0. The SMILES string of the molecule is CCOc1ccc(/C(O)=C2/C(=O)C(=O)N(c3ccc(C(F)(F)F)cc3)C2c2ccc(F)cc2)cc1C(C)C. The summed E-state index contributed by atoms with van der Waals surface area (Å²) in [5.41, 5.74) is 0.151.